The molecule has 6 heteroatoms. The lowest BCUT2D eigenvalue weighted by molar-refractivity contribution is -0.139. The number of rotatable bonds is 3. The molecule has 1 aliphatic heterocycles. The van der Waals surface area contributed by atoms with Gasteiger partial charge in [0.15, 0.2) is 6.61 Å². The third-order valence-electron chi connectivity index (χ3n) is 2.17. The highest BCUT2D eigenvalue weighted by molar-refractivity contribution is 6.34. The number of fused-ring (bicyclic) bond motifs is 1. The van der Waals surface area contributed by atoms with Crippen LogP contribution in [0.25, 0.3) is 0 Å². The SMILES string of the molecule is O=C(O)COc1cc(Cl)c2c(c1)CNC2=O. The summed E-state index contributed by atoms with van der Waals surface area (Å²) in [4.78, 5) is 21.7. The molecule has 1 aliphatic rings. The zero-order valence-corrected chi connectivity index (χ0v) is 8.87. The molecule has 2 rings (SSSR count). The lowest BCUT2D eigenvalue weighted by Gasteiger charge is -2.06. The van der Waals surface area contributed by atoms with Crippen LogP contribution in [-0.4, -0.2) is 23.6 Å². The number of aliphatic carboxylic acids is 1. The van der Waals surface area contributed by atoms with E-state index in [4.69, 9.17) is 21.4 Å². The van der Waals surface area contributed by atoms with Crippen LogP contribution in [0.15, 0.2) is 12.1 Å². The number of carboxylic acids is 1. The quantitative estimate of drug-likeness (QED) is 0.829. The van der Waals surface area contributed by atoms with Gasteiger partial charge in [0.1, 0.15) is 5.75 Å². The number of amides is 1. The molecule has 0 radical (unpaired) electrons. The lowest BCUT2D eigenvalue weighted by Crippen LogP contribution is -2.12. The van der Waals surface area contributed by atoms with Crippen molar-refractivity contribution in [3.8, 4) is 5.75 Å². The van der Waals surface area contributed by atoms with E-state index in [1.54, 1.807) is 6.07 Å². The second-order valence-corrected chi connectivity index (χ2v) is 3.71. The predicted molar refractivity (Wildman–Crippen MR) is 55.8 cm³/mol. The molecule has 1 amide bonds. The number of benzene rings is 1. The van der Waals surface area contributed by atoms with Crippen molar-refractivity contribution < 1.29 is 19.4 Å². The number of hydrogen-bond donors (Lipinski definition) is 2. The Hall–Kier alpha value is -1.75. The van der Waals surface area contributed by atoms with Gasteiger partial charge >= 0.3 is 5.97 Å². The van der Waals surface area contributed by atoms with Crippen molar-refractivity contribution in [1.29, 1.82) is 0 Å². The Morgan fingerprint density at radius 1 is 1.56 bits per heavy atom. The van der Waals surface area contributed by atoms with Crippen molar-refractivity contribution in [2.75, 3.05) is 6.61 Å². The van der Waals surface area contributed by atoms with E-state index in [0.29, 0.717) is 17.9 Å². The Morgan fingerprint density at radius 3 is 3.00 bits per heavy atom. The molecule has 0 fully saturated rings. The highest BCUT2D eigenvalue weighted by atomic mass is 35.5. The summed E-state index contributed by atoms with van der Waals surface area (Å²) in [7, 11) is 0. The summed E-state index contributed by atoms with van der Waals surface area (Å²) >= 11 is 5.90. The molecule has 1 aromatic carbocycles. The number of carbonyl (C=O) groups excluding carboxylic acids is 1. The first-order chi connectivity index (χ1) is 7.58. The highest BCUT2D eigenvalue weighted by Crippen LogP contribution is 2.29. The van der Waals surface area contributed by atoms with E-state index in [9.17, 15) is 9.59 Å². The summed E-state index contributed by atoms with van der Waals surface area (Å²) in [6.45, 7) is -0.0470. The smallest absolute Gasteiger partial charge is 0.341 e. The maximum absolute atomic E-state index is 11.3. The second kappa shape index (κ2) is 4.02. The number of carbonyl (C=O) groups is 2. The highest BCUT2D eigenvalue weighted by Gasteiger charge is 2.23. The van der Waals surface area contributed by atoms with Gasteiger partial charge in [0.05, 0.1) is 10.6 Å². The zero-order valence-electron chi connectivity index (χ0n) is 8.12. The third kappa shape index (κ3) is 1.94. The van der Waals surface area contributed by atoms with E-state index in [-0.39, 0.29) is 10.9 Å². The van der Waals surface area contributed by atoms with E-state index in [1.807, 2.05) is 0 Å². The molecule has 0 saturated heterocycles. The fourth-order valence-electron chi connectivity index (χ4n) is 1.52. The average Bonchev–Trinajstić information content (AvgIpc) is 2.58. The second-order valence-electron chi connectivity index (χ2n) is 3.30. The van der Waals surface area contributed by atoms with E-state index >= 15 is 0 Å². The van der Waals surface area contributed by atoms with Gasteiger partial charge in [-0.15, -0.1) is 0 Å². The Bertz CT molecular complexity index is 472. The molecule has 84 valence electrons. The fraction of sp³-hybridized carbons (Fsp3) is 0.200. The van der Waals surface area contributed by atoms with Crippen molar-refractivity contribution in [3.05, 3.63) is 28.3 Å². The molecule has 0 aliphatic carbocycles. The van der Waals surface area contributed by atoms with Gasteiger partial charge in [0.2, 0.25) is 0 Å². The fourth-order valence-corrected chi connectivity index (χ4v) is 1.84. The minimum absolute atomic E-state index is 0.218. The first-order valence-corrected chi connectivity index (χ1v) is 4.91. The molecule has 2 N–H and O–H groups in total. The van der Waals surface area contributed by atoms with Gasteiger partial charge in [-0.1, -0.05) is 11.6 Å². The van der Waals surface area contributed by atoms with Crippen LogP contribution in [0.1, 0.15) is 15.9 Å². The first kappa shape index (κ1) is 10.8. The van der Waals surface area contributed by atoms with E-state index in [1.165, 1.54) is 6.07 Å². The molecule has 0 saturated carbocycles. The Morgan fingerprint density at radius 2 is 2.31 bits per heavy atom. The van der Waals surface area contributed by atoms with Crippen LogP contribution in [0, 0.1) is 0 Å². The van der Waals surface area contributed by atoms with Crippen LogP contribution in [0.5, 0.6) is 5.75 Å². The summed E-state index contributed by atoms with van der Waals surface area (Å²) in [6, 6.07) is 3.05. The number of nitrogens with one attached hydrogen (secondary N) is 1. The normalized spacial score (nSPS) is 13.2. The number of ether oxygens (including phenoxy) is 1. The Labute approximate surface area is 96.0 Å². The Kier molecular flexibility index (Phi) is 2.70. The largest absolute Gasteiger partial charge is 0.482 e. The summed E-state index contributed by atoms with van der Waals surface area (Å²) in [6.07, 6.45) is 0. The van der Waals surface area contributed by atoms with Crippen LogP contribution in [0.4, 0.5) is 0 Å². The van der Waals surface area contributed by atoms with Crippen molar-refractivity contribution in [1.82, 2.24) is 5.32 Å². The van der Waals surface area contributed by atoms with E-state index in [2.05, 4.69) is 5.32 Å². The van der Waals surface area contributed by atoms with Gasteiger partial charge in [0.25, 0.3) is 5.91 Å². The molecule has 16 heavy (non-hydrogen) atoms. The molecule has 0 bridgehead atoms. The molecule has 1 heterocycles. The summed E-state index contributed by atoms with van der Waals surface area (Å²) in [5.41, 5.74) is 1.15. The minimum Gasteiger partial charge on any atom is -0.482 e. The topological polar surface area (TPSA) is 75.6 Å². The van der Waals surface area contributed by atoms with Crippen LogP contribution < -0.4 is 10.1 Å². The van der Waals surface area contributed by atoms with Gasteiger partial charge in [-0.05, 0) is 17.7 Å². The summed E-state index contributed by atoms with van der Waals surface area (Å²) < 4.78 is 4.99. The predicted octanol–water partition coefficient (Wildman–Crippen LogP) is 1.05. The van der Waals surface area contributed by atoms with Gasteiger partial charge in [0, 0.05) is 6.54 Å². The maximum atomic E-state index is 11.3. The number of halogens is 1. The van der Waals surface area contributed by atoms with Gasteiger partial charge in [-0.25, -0.2) is 4.79 Å². The first-order valence-electron chi connectivity index (χ1n) is 4.53. The lowest BCUT2D eigenvalue weighted by atomic mass is 10.1. The summed E-state index contributed by atoms with van der Waals surface area (Å²) in [5.74, 6) is -0.932. The molecule has 0 aromatic heterocycles. The zero-order chi connectivity index (χ0) is 11.7. The van der Waals surface area contributed by atoms with Gasteiger partial charge < -0.3 is 15.2 Å². The van der Waals surface area contributed by atoms with Gasteiger partial charge in [-0.3, -0.25) is 4.79 Å². The molecule has 1 aromatic rings. The maximum Gasteiger partial charge on any atom is 0.341 e. The molecule has 5 nitrogen and oxygen atoms in total. The third-order valence-corrected chi connectivity index (χ3v) is 2.47. The van der Waals surface area contributed by atoms with Crippen LogP contribution in [-0.2, 0) is 11.3 Å². The molecule has 0 spiro atoms. The minimum atomic E-state index is -1.06. The molecular weight excluding hydrogens is 234 g/mol. The Balaban J connectivity index is 2.28. The van der Waals surface area contributed by atoms with Crippen molar-refractivity contribution >= 4 is 23.5 Å². The molecular formula is C10H8ClNO4. The van der Waals surface area contributed by atoms with Gasteiger partial charge in [-0.2, -0.15) is 0 Å². The number of carboxylic acid groups (broad SMARTS) is 1. The average molecular weight is 242 g/mol. The van der Waals surface area contributed by atoms with Crippen molar-refractivity contribution in [3.63, 3.8) is 0 Å². The molecule has 0 unspecified atom stereocenters. The van der Waals surface area contributed by atoms with Crippen LogP contribution in [0.3, 0.4) is 0 Å². The monoisotopic (exact) mass is 241 g/mol. The van der Waals surface area contributed by atoms with E-state index in [0.717, 1.165) is 5.56 Å². The number of hydrogen-bond acceptors (Lipinski definition) is 3. The van der Waals surface area contributed by atoms with E-state index < -0.39 is 12.6 Å². The van der Waals surface area contributed by atoms with Crippen molar-refractivity contribution in [2.24, 2.45) is 0 Å². The van der Waals surface area contributed by atoms with Crippen molar-refractivity contribution in [2.45, 2.75) is 6.54 Å². The molecule has 0 atom stereocenters. The standard InChI is InChI=1S/C10H8ClNO4/c11-7-2-6(16-4-8(13)14)1-5-3-12-10(15)9(5)7/h1-2H,3-4H2,(H,12,15)(H,13,14). The summed E-state index contributed by atoms with van der Waals surface area (Å²) in [5, 5.41) is 11.3. The van der Waals surface area contributed by atoms with Crippen LogP contribution in [0.2, 0.25) is 5.02 Å². The van der Waals surface area contributed by atoms with Crippen LogP contribution >= 0.6 is 11.6 Å².